The van der Waals surface area contributed by atoms with Crippen LogP contribution < -0.4 is 4.74 Å². The van der Waals surface area contributed by atoms with Crippen molar-refractivity contribution in [2.75, 3.05) is 0 Å². The zero-order valence-corrected chi connectivity index (χ0v) is 15.4. The summed E-state index contributed by atoms with van der Waals surface area (Å²) in [5.74, 6) is -2.28. The molecule has 6 heteroatoms. The SMILES string of the molecule is CC(=O)Oc1ccc2c(O)c3c(c(O)c2c1)C(=O)c1cc(C)c(C)cc1C3=O. The second kappa shape index (κ2) is 5.92. The quantitative estimate of drug-likeness (QED) is 0.299. The molecule has 0 aromatic heterocycles. The lowest BCUT2D eigenvalue weighted by Gasteiger charge is -2.22. The van der Waals surface area contributed by atoms with E-state index in [0.29, 0.717) is 0 Å². The van der Waals surface area contributed by atoms with Gasteiger partial charge in [0.05, 0.1) is 11.1 Å². The molecule has 4 rings (SSSR count). The number of aromatic hydroxyl groups is 2. The van der Waals surface area contributed by atoms with Crippen molar-refractivity contribution < 1.29 is 29.3 Å². The lowest BCUT2D eigenvalue weighted by Crippen LogP contribution is -2.22. The van der Waals surface area contributed by atoms with Gasteiger partial charge in [0.2, 0.25) is 0 Å². The molecule has 0 heterocycles. The van der Waals surface area contributed by atoms with Crippen molar-refractivity contribution in [2.24, 2.45) is 0 Å². The highest BCUT2D eigenvalue weighted by Gasteiger charge is 2.36. The van der Waals surface area contributed by atoms with Crippen LogP contribution in [0.4, 0.5) is 0 Å². The standard InChI is InChI=1S/C22H16O6/c1-9-6-14-15(7-10(9)2)21(26)18-17(20(14)25)19(24)13-5-4-12(28-11(3)23)8-16(13)22(18)27/h4-8,24,27H,1-3H3. The van der Waals surface area contributed by atoms with Gasteiger partial charge in [-0.1, -0.05) is 0 Å². The zero-order chi connectivity index (χ0) is 20.3. The maximum absolute atomic E-state index is 13.1. The number of carbonyl (C=O) groups is 3. The Morgan fingerprint density at radius 2 is 1.32 bits per heavy atom. The number of carbonyl (C=O) groups excluding carboxylic acids is 3. The zero-order valence-electron chi connectivity index (χ0n) is 15.4. The Hall–Kier alpha value is -3.67. The second-order valence-electron chi connectivity index (χ2n) is 6.89. The van der Waals surface area contributed by atoms with E-state index < -0.39 is 23.3 Å². The van der Waals surface area contributed by atoms with Crippen LogP contribution in [0.15, 0.2) is 30.3 Å². The normalized spacial score (nSPS) is 12.7. The molecule has 0 amide bonds. The van der Waals surface area contributed by atoms with Gasteiger partial charge in [0, 0.05) is 28.8 Å². The number of ketones is 2. The predicted molar refractivity (Wildman–Crippen MR) is 101 cm³/mol. The van der Waals surface area contributed by atoms with Gasteiger partial charge < -0.3 is 14.9 Å². The number of phenols is 2. The molecule has 0 atom stereocenters. The maximum Gasteiger partial charge on any atom is 0.308 e. The first-order chi connectivity index (χ1) is 13.2. The number of benzene rings is 3. The summed E-state index contributed by atoms with van der Waals surface area (Å²) in [6.45, 7) is 4.89. The number of esters is 1. The fourth-order valence-electron chi connectivity index (χ4n) is 3.56. The number of hydrogen-bond donors (Lipinski definition) is 2. The third-order valence-electron chi connectivity index (χ3n) is 5.06. The molecule has 0 fully saturated rings. The van der Waals surface area contributed by atoms with Gasteiger partial charge in [-0.15, -0.1) is 0 Å². The molecule has 6 nitrogen and oxygen atoms in total. The van der Waals surface area contributed by atoms with Crippen LogP contribution in [0.25, 0.3) is 10.8 Å². The van der Waals surface area contributed by atoms with E-state index in [1.54, 1.807) is 12.1 Å². The van der Waals surface area contributed by atoms with Gasteiger partial charge in [0.25, 0.3) is 0 Å². The topological polar surface area (TPSA) is 101 Å². The van der Waals surface area contributed by atoms with Crippen molar-refractivity contribution in [3.8, 4) is 17.2 Å². The van der Waals surface area contributed by atoms with Crippen LogP contribution >= 0.6 is 0 Å². The minimum absolute atomic E-state index is 0.114. The van der Waals surface area contributed by atoms with Crippen LogP contribution in [0.2, 0.25) is 0 Å². The highest BCUT2D eigenvalue weighted by Crippen LogP contribution is 2.45. The lowest BCUT2D eigenvalue weighted by molar-refractivity contribution is -0.131. The molecular weight excluding hydrogens is 360 g/mol. The van der Waals surface area contributed by atoms with E-state index in [1.807, 2.05) is 13.8 Å². The van der Waals surface area contributed by atoms with Crippen molar-refractivity contribution in [1.29, 1.82) is 0 Å². The van der Waals surface area contributed by atoms with Crippen molar-refractivity contribution in [3.63, 3.8) is 0 Å². The fourth-order valence-corrected chi connectivity index (χ4v) is 3.56. The van der Waals surface area contributed by atoms with Gasteiger partial charge >= 0.3 is 5.97 Å². The first kappa shape index (κ1) is 17.7. The summed E-state index contributed by atoms with van der Waals surface area (Å²) in [5.41, 5.74) is 1.61. The molecule has 1 aliphatic rings. The maximum atomic E-state index is 13.1. The number of phenolic OH excluding ortho intramolecular Hbond substituents is 2. The van der Waals surface area contributed by atoms with Crippen LogP contribution in [0.5, 0.6) is 17.2 Å². The van der Waals surface area contributed by atoms with Crippen LogP contribution in [-0.2, 0) is 4.79 Å². The molecule has 0 spiro atoms. The predicted octanol–water partition coefficient (Wildman–Crippen LogP) is 3.57. The van der Waals surface area contributed by atoms with Crippen LogP contribution in [0, 0.1) is 13.8 Å². The first-order valence-corrected chi connectivity index (χ1v) is 8.61. The molecule has 2 N–H and O–H groups in total. The third kappa shape index (κ3) is 2.38. The van der Waals surface area contributed by atoms with Gasteiger partial charge in [0.15, 0.2) is 11.6 Å². The molecule has 3 aromatic rings. The Kier molecular flexibility index (Phi) is 3.75. The van der Waals surface area contributed by atoms with E-state index >= 15 is 0 Å². The van der Waals surface area contributed by atoms with Crippen LogP contribution in [0.3, 0.4) is 0 Å². The Bertz CT molecular complexity index is 1240. The Balaban J connectivity index is 2.05. The highest BCUT2D eigenvalue weighted by atomic mass is 16.5. The van der Waals surface area contributed by atoms with Crippen LogP contribution in [-0.4, -0.2) is 27.7 Å². The minimum Gasteiger partial charge on any atom is -0.506 e. The van der Waals surface area contributed by atoms with Gasteiger partial charge in [-0.3, -0.25) is 14.4 Å². The largest absolute Gasteiger partial charge is 0.506 e. The third-order valence-corrected chi connectivity index (χ3v) is 5.06. The number of hydrogen-bond acceptors (Lipinski definition) is 6. The summed E-state index contributed by atoms with van der Waals surface area (Å²) in [6, 6.07) is 7.45. The number of ether oxygens (including phenoxy) is 1. The van der Waals surface area contributed by atoms with Crippen molar-refractivity contribution in [2.45, 2.75) is 20.8 Å². The minimum atomic E-state index is -0.549. The summed E-state index contributed by atoms with van der Waals surface area (Å²) >= 11 is 0. The van der Waals surface area contributed by atoms with E-state index in [-0.39, 0.29) is 44.5 Å². The summed E-state index contributed by atoms with van der Waals surface area (Å²) in [6.07, 6.45) is 0. The molecule has 28 heavy (non-hydrogen) atoms. The summed E-state index contributed by atoms with van der Waals surface area (Å²) in [7, 11) is 0. The average Bonchev–Trinajstić information content (AvgIpc) is 2.63. The molecule has 3 aromatic carbocycles. The summed E-state index contributed by atoms with van der Waals surface area (Å²) < 4.78 is 5.01. The Labute approximate surface area is 160 Å². The smallest absolute Gasteiger partial charge is 0.308 e. The molecule has 0 saturated carbocycles. The van der Waals surface area contributed by atoms with E-state index in [2.05, 4.69) is 0 Å². The molecule has 0 unspecified atom stereocenters. The van der Waals surface area contributed by atoms with Gasteiger partial charge in [-0.25, -0.2) is 0 Å². The highest BCUT2D eigenvalue weighted by molar-refractivity contribution is 6.32. The molecule has 1 aliphatic carbocycles. The van der Waals surface area contributed by atoms with Crippen molar-refractivity contribution in [3.05, 3.63) is 63.7 Å². The van der Waals surface area contributed by atoms with Crippen LogP contribution in [0.1, 0.15) is 49.9 Å². The number of fused-ring (bicyclic) bond motifs is 3. The van der Waals surface area contributed by atoms with E-state index in [9.17, 15) is 24.6 Å². The molecule has 0 radical (unpaired) electrons. The lowest BCUT2D eigenvalue weighted by atomic mass is 9.80. The molecular formula is C22H16O6. The van der Waals surface area contributed by atoms with E-state index in [1.165, 1.54) is 25.1 Å². The fraction of sp³-hybridized carbons (Fsp3) is 0.136. The number of rotatable bonds is 1. The summed E-state index contributed by atoms with van der Waals surface area (Å²) in [5, 5.41) is 21.8. The summed E-state index contributed by atoms with van der Waals surface area (Å²) in [4.78, 5) is 37.3. The monoisotopic (exact) mass is 376 g/mol. The Morgan fingerprint density at radius 3 is 1.82 bits per heavy atom. The van der Waals surface area contributed by atoms with E-state index in [0.717, 1.165) is 11.1 Å². The molecule has 0 saturated heterocycles. The van der Waals surface area contributed by atoms with Gasteiger partial charge in [0.1, 0.15) is 17.2 Å². The average molecular weight is 376 g/mol. The van der Waals surface area contributed by atoms with E-state index in [4.69, 9.17) is 4.74 Å². The molecule has 0 bridgehead atoms. The first-order valence-electron chi connectivity index (χ1n) is 8.61. The number of aryl methyl sites for hydroxylation is 2. The second-order valence-corrected chi connectivity index (χ2v) is 6.89. The van der Waals surface area contributed by atoms with Gasteiger partial charge in [-0.05, 0) is 55.3 Å². The van der Waals surface area contributed by atoms with Gasteiger partial charge in [-0.2, -0.15) is 0 Å². The Morgan fingerprint density at radius 1 is 0.821 bits per heavy atom. The molecule has 140 valence electrons. The molecule has 0 aliphatic heterocycles. The van der Waals surface area contributed by atoms with Crippen molar-refractivity contribution >= 4 is 28.3 Å². The van der Waals surface area contributed by atoms with Crippen molar-refractivity contribution in [1.82, 2.24) is 0 Å².